The maximum absolute atomic E-state index is 13.2. The summed E-state index contributed by atoms with van der Waals surface area (Å²) in [5.41, 5.74) is 2.11. The van der Waals surface area contributed by atoms with Gasteiger partial charge in [-0.1, -0.05) is 30.0 Å². The van der Waals surface area contributed by atoms with Crippen LogP contribution in [0.25, 0.3) is 10.2 Å². The Bertz CT molecular complexity index is 1180. The molecule has 1 aliphatic carbocycles. The molecule has 0 unspecified atom stereocenters. The lowest BCUT2D eigenvalue weighted by Gasteiger charge is -2.12. The third kappa shape index (κ3) is 4.70. The fraction of sp³-hybridized carbons (Fsp3) is 0.348. The quantitative estimate of drug-likeness (QED) is 0.316. The highest BCUT2D eigenvalue weighted by Gasteiger charge is 2.22. The number of aryl methyl sites for hydroxylation is 2. The van der Waals surface area contributed by atoms with E-state index in [9.17, 15) is 9.59 Å². The molecule has 31 heavy (non-hydrogen) atoms. The molecular weight excluding hydrogens is 430 g/mol. The van der Waals surface area contributed by atoms with Gasteiger partial charge in [-0.3, -0.25) is 14.2 Å². The van der Waals surface area contributed by atoms with Gasteiger partial charge in [0.25, 0.3) is 5.56 Å². The molecule has 2 heterocycles. The second-order valence-corrected chi connectivity index (χ2v) is 9.43. The van der Waals surface area contributed by atoms with Gasteiger partial charge in [-0.15, -0.1) is 17.9 Å². The Labute approximate surface area is 189 Å². The number of thiophene rings is 1. The molecule has 0 radical (unpaired) electrons. The molecule has 0 saturated carbocycles. The molecular formula is C23H25N3O3S2. The van der Waals surface area contributed by atoms with Crippen molar-refractivity contribution in [2.24, 2.45) is 0 Å². The zero-order chi connectivity index (χ0) is 21.8. The molecule has 4 rings (SSSR count). The van der Waals surface area contributed by atoms with Gasteiger partial charge in [-0.25, -0.2) is 4.98 Å². The Morgan fingerprint density at radius 3 is 3.03 bits per heavy atom. The Balaban J connectivity index is 1.50. The fourth-order valence-corrected chi connectivity index (χ4v) is 5.93. The van der Waals surface area contributed by atoms with Gasteiger partial charge in [0.05, 0.1) is 18.2 Å². The lowest BCUT2D eigenvalue weighted by Crippen LogP contribution is -2.26. The number of amides is 1. The van der Waals surface area contributed by atoms with E-state index in [1.165, 1.54) is 22.2 Å². The first-order chi connectivity index (χ1) is 15.1. The number of aromatic nitrogens is 2. The number of nitrogens with one attached hydrogen (secondary N) is 1. The van der Waals surface area contributed by atoms with Gasteiger partial charge >= 0.3 is 0 Å². The second kappa shape index (κ2) is 9.70. The molecule has 1 aliphatic rings. The lowest BCUT2D eigenvalue weighted by atomic mass is 9.97. The van der Waals surface area contributed by atoms with Gasteiger partial charge in [0.1, 0.15) is 10.6 Å². The van der Waals surface area contributed by atoms with E-state index in [4.69, 9.17) is 9.72 Å². The summed E-state index contributed by atoms with van der Waals surface area (Å²) in [6, 6.07) is 7.59. The van der Waals surface area contributed by atoms with E-state index in [0.717, 1.165) is 47.2 Å². The molecule has 0 aliphatic heterocycles. The maximum Gasteiger partial charge on any atom is 0.263 e. The molecule has 1 amide bonds. The van der Waals surface area contributed by atoms with Gasteiger partial charge in [0, 0.05) is 18.0 Å². The third-order valence-corrected chi connectivity index (χ3v) is 7.47. The predicted octanol–water partition coefficient (Wildman–Crippen LogP) is 3.94. The van der Waals surface area contributed by atoms with Crippen LogP contribution in [0.5, 0.6) is 5.75 Å². The number of carbonyl (C=O) groups excluding carboxylic acids is 1. The van der Waals surface area contributed by atoms with Crippen molar-refractivity contribution in [3.8, 4) is 5.75 Å². The van der Waals surface area contributed by atoms with E-state index < -0.39 is 0 Å². The van der Waals surface area contributed by atoms with Crippen LogP contribution in [0.15, 0.2) is 46.9 Å². The molecule has 8 heteroatoms. The van der Waals surface area contributed by atoms with E-state index in [2.05, 4.69) is 11.9 Å². The second-order valence-electron chi connectivity index (χ2n) is 7.41. The van der Waals surface area contributed by atoms with Gasteiger partial charge in [-0.05, 0) is 48.9 Å². The summed E-state index contributed by atoms with van der Waals surface area (Å²) in [7, 11) is 1.62. The van der Waals surface area contributed by atoms with Gasteiger partial charge in [-0.2, -0.15) is 0 Å². The van der Waals surface area contributed by atoms with Crippen LogP contribution >= 0.6 is 23.1 Å². The fourth-order valence-electron chi connectivity index (χ4n) is 3.78. The average Bonchev–Trinajstić information content (AvgIpc) is 3.17. The number of hydrogen-bond acceptors (Lipinski definition) is 6. The molecule has 2 aromatic heterocycles. The van der Waals surface area contributed by atoms with Crippen LogP contribution in [0.2, 0.25) is 0 Å². The van der Waals surface area contributed by atoms with Crippen LogP contribution in [0.4, 0.5) is 0 Å². The zero-order valence-corrected chi connectivity index (χ0v) is 19.1. The number of rotatable bonds is 8. The topological polar surface area (TPSA) is 73.2 Å². The first-order valence-corrected chi connectivity index (χ1v) is 12.1. The minimum absolute atomic E-state index is 0.0245. The number of carbonyl (C=O) groups is 1. The first kappa shape index (κ1) is 21.6. The smallest absolute Gasteiger partial charge is 0.263 e. The molecule has 1 aromatic carbocycles. The molecule has 0 spiro atoms. The average molecular weight is 456 g/mol. The van der Waals surface area contributed by atoms with Crippen LogP contribution in [-0.2, 0) is 30.7 Å². The van der Waals surface area contributed by atoms with Crippen molar-refractivity contribution in [1.29, 1.82) is 0 Å². The van der Waals surface area contributed by atoms with Crippen LogP contribution in [0.1, 0.15) is 28.8 Å². The summed E-state index contributed by atoms with van der Waals surface area (Å²) in [5, 5.41) is 4.24. The van der Waals surface area contributed by atoms with E-state index in [1.807, 2.05) is 24.3 Å². The van der Waals surface area contributed by atoms with Crippen molar-refractivity contribution >= 4 is 39.2 Å². The van der Waals surface area contributed by atoms with Crippen LogP contribution in [0, 0.1) is 0 Å². The van der Waals surface area contributed by atoms with Gasteiger partial charge < -0.3 is 10.1 Å². The molecule has 0 saturated heterocycles. The highest BCUT2D eigenvalue weighted by molar-refractivity contribution is 7.99. The zero-order valence-electron chi connectivity index (χ0n) is 17.5. The van der Waals surface area contributed by atoms with Crippen LogP contribution in [0.3, 0.4) is 0 Å². The molecule has 1 N–H and O–H groups in total. The first-order valence-electron chi connectivity index (χ1n) is 10.3. The standard InChI is InChI=1S/C23H25N3O3S2/c1-3-11-26-22(28)20-17-9-4-5-10-18(17)31-21(20)25-23(26)30-14-19(27)24-13-15-7-6-8-16(12-15)29-2/h3,6-8,12H,1,4-5,9-11,13-14H2,2H3,(H,24,27). The van der Waals surface area contributed by atoms with Crippen molar-refractivity contribution in [2.75, 3.05) is 12.9 Å². The minimum atomic E-state index is -0.113. The minimum Gasteiger partial charge on any atom is -0.497 e. The summed E-state index contributed by atoms with van der Waals surface area (Å²) in [6.45, 7) is 4.57. The number of fused-ring (bicyclic) bond motifs is 3. The molecule has 3 aromatic rings. The van der Waals surface area contributed by atoms with E-state index in [0.29, 0.717) is 18.2 Å². The van der Waals surface area contributed by atoms with Crippen LogP contribution in [-0.4, -0.2) is 28.3 Å². The number of hydrogen-bond donors (Lipinski definition) is 1. The Hall–Kier alpha value is -2.58. The summed E-state index contributed by atoms with van der Waals surface area (Å²) < 4.78 is 6.85. The Kier molecular flexibility index (Phi) is 6.77. The molecule has 6 nitrogen and oxygen atoms in total. The van der Waals surface area contributed by atoms with Crippen molar-refractivity contribution in [1.82, 2.24) is 14.9 Å². The van der Waals surface area contributed by atoms with Crippen LogP contribution < -0.4 is 15.6 Å². The predicted molar refractivity (Wildman–Crippen MR) is 126 cm³/mol. The number of methoxy groups -OCH3 is 1. The third-order valence-electron chi connectivity index (χ3n) is 5.31. The maximum atomic E-state index is 13.2. The summed E-state index contributed by atoms with van der Waals surface area (Å²) in [5.74, 6) is 0.827. The van der Waals surface area contributed by atoms with E-state index >= 15 is 0 Å². The highest BCUT2D eigenvalue weighted by atomic mass is 32.2. The Morgan fingerprint density at radius 1 is 1.39 bits per heavy atom. The van der Waals surface area contributed by atoms with Crippen molar-refractivity contribution < 1.29 is 9.53 Å². The summed E-state index contributed by atoms with van der Waals surface area (Å²) in [6.07, 6.45) is 5.94. The SMILES string of the molecule is C=CCn1c(SCC(=O)NCc2cccc(OC)c2)nc2sc3c(c2c1=O)CCCC3. The molecule has 0 bridgehead atoms. The lowest BCUT2D eigenvalue weighted by molar-refractivity contribution is -0.118. The van der Waals surface area contributed by atoms with Crippen molar-refractivity contribution in [3.05, 3.63) is 63.3 Å². The number of benzene rings is 1. The number of ether oxygens (including phenoxy) is 1. The van der Waals surface area contributed by atoms with E-state index in [1.54, 1.807) is 29.1 Å². The molecule has 162 valence electrons. The van der Waals surface area contributed by atoms with Gasteiger partial charge in [0.2, 0.25) is 5.91 Å². The summed E-state index contributed by atoms with van der Waals surface area (Å²) >= 11 is 2.91. The monoisotopic (exact) mass is 455 g/mol. The molecule has 0 fully saturated rings. The largest absolute Gasteiger partial charge is 0.497 e. The van der Waals surface area contributed by atoms with E-state index in [-0.39, 0.29) is 17.2 Å². The number of thioether (sulfide) groups is 1. The van der Waals surface area contributed by atoms with Crippen molar-refractivity contribution in [2.45, 2.75) is 43.9 Å². The normalized spacial score (nSPS) is 13.1. The number of allylic oxidation sites excluding steroid dienone is 1. The highest BCUT2D eigenvalue weighted by Crippen LogP contribution is 2.34. The van der Waals surface area contributed by atoms with Crippen molar-refractivity contribution in [3.63, 3.8) is 0 Å². The van der Waals surface area contributed by atoms with Gasteiger partial charge in [0.15, 0.2) is 5.16 Å². The molecule has 0 atom stereocenters. The Morgan fingerprint density at radius 2 is 2.23 bits per heavy atom. The number of nitrogens with zero attached hydrogens (tertiary/aromatic N) is 2. The summed E-state index contributed by atoms with van der Waals surface area (Å²) in [4.78, 5) is 32.5.